The van der Waals surface area contributed by atoms with Gasteiger partial charge in [-0.15, -0.1) is 0 Å². The summed E-state index contributed by atoms with van der Waals surface area (Å²) >= 11 is 0. The molecule has 0 amide bonds. The Morgan fingerprint density at radius 1 is 0.328 bits per heavy atom. The lowest BCUT2D eigenvalue weighted by atomic mass is 9.96. The molecule has 0 aliphatic heterocycles. The smallest absolute Gasteiger partial charge is 0.143 e. The number of anilines is 3. The van der Waals surface area contributed by atoms with E-state index in [4.69, 9.17) is 4.42 Å². The van der Waals surface area contributed by atoms with E-state index in [0.29, 0.717) is 0 Å². The van der Waals surface area contributed by atoms with Crippen molar-refractivity contribution in [2.45, 2.75) is 0 Å². The monoisotopic (exact) mass is 778 g/mol. The molecule has 0 saturated carbocycles. The number of rotatable bonds is 7. The molecular formula is C58H38N2O. The van der Waals surface area contributed by atoms with E-state index in [1.807, 2.05) is 6.07 Å². The second-order valence-electron chi connectivity index (χ2n) is 15.6. The highest BCUT2D eigenvalue weighted by molar-refractivity contribution is 6.12. The first-order valence-electron chi connectivity index (χ1n) is 20.8. The van der Waals surface area contributed by atoms with Crippen LogP contribution >= 0.6 is 0 Å². The molecular weight excluding hydrogens is 741 g/mol. The van der Waals surface area contributed by atoms with Gasteiger partial charge in [0, 0.05) is 38.4 Å². The number of hydrogen-bond donors (Lipinski definition) is 0. The van der Waals surface area contributed by atoms with Crippen LogP contribution in [0.4, 0.5) is 17.1 Å². The van der Waals surface area contributed by atoms with E-state index in [-0.39, 0.29) is 0 Å². The fraction of sp³-hybridized carbons (Fsp3) is 0. The van der Waals surface area contributed by atoms with Crippen molar-refractivity contribution in [1.29, 1.82) is 0 Å². The van der Waals surface area contributed by atoms with Crippen molar-refractivity contribution in [3.63, 3.8) is 0 Å². The van der Waals surface area contributed by atoms with Crippen molar-refractivity contribution in [2.24, 2.45) is 0 Å². The van der Waals surface area contributed by atoms with E-state index < -0.39 is 0 Å². The van der Waals surface area contributed by atoms with Crippen LogP contribution in [0.15, 0.2) is 235 Å². The van der Waals surface area contributed by atoms with Crippen molar-refractivity contribution in [3.8, 4) is 39.1 Å². The quantitative estimate of drug-likeness (QED) is 0.161. The largest absolute Gasteiger partial charge is 0.455 e. The van der Waals surface area contributed by atoms with E-state index in [0.717, 1.165) is 61.4 Å². The molecule has 2 aromatic heterocycles. The van der Waals surface area contributed by atoms with Gasteiger partial charge in [-0.05, 0) is 81.6 Å². The third kappa shape index (κ3) is 5.74. The number of nitrogens with zero attached hydrogens (tertiary/aromatic N) is 2. The summed E-state index contributed by atoms with van der Waals surface area (Å²) < 4.78 is 9.08. The fourth-order valence-electron chi connectivity index (χ4n) is 9.41. The van der Waals surface area contributed by atoms with Crippen LogP contribution in [0.2, 0.25) is 0 Å². The lowest BCUT2D eigenvalue weighted by Crippen LogP contribution is -2.14. The van der Waals surface area contributed by atoms with E-state index >= 15 is 0 Å². The van der Waals surface area contributed by atoms with E-state index in [1.54, 1.807) is 0 Å². The molecule has 0 atom stereocenters. The summed E-state index contributed by atoms with van der Waals surface area (Å²) in [4.78, 5) is 2.42. The molecule has 61 heavy (non-hydrogen) atoms. The van der Waals surface area contributed by atoms with Gasteiger partial charge in [-0.3, -0.25) is 0 Å². The van der Waals surface area contributed by atoms with Gasteiger partial charge in [-0.25, -0.2) is 0 Å². The first-order chi connectivity index (χ1) is 30.3. The Morgan fingerprint density at radius 3 is 1.61 bits per heavy atom. The molecule has 0 saturated heterocycles. The Morgan fingerprint density at radius 2 is 0.836 bits per heavy atom. The third-order valence-electron chi connectivity index (χ3n) is 12.2. The molecule has 12 rings (SSSR count). The Hall–Kier alpha value is -8.14. The zero-order chi connectivity index (χ0) is 40.3. The van der Waals surface area contributed by atoms with Crippen LogP contribution < -0.4 is 4.90 Å². The van der Waals surface area contributed by atoms with Crippen LogP contribution in [0, 0.1) is 0 Å². The second kappa shape index (κ2) is 14.3. The molecule has 0 fully saturated rings. The SMILES string of the molecule is c1ccc(N(c2ccc(-c3ccc(-c4cccc5ccccc45)cc3)cc2)c2ccccc2-n2c3ccccc3c3ccccc32)c(-c2cccc3c2oc2ccccc23)c1. The van der Waals surface area contributed by atoms with Crippen LogP contribution in [0.3, 0.4) is 0 Å². The predicted molar refractivity (Wildman–Crippen MR) is 257 cm³/mol. The molecule has 2 heterocycles. The Balaban J connectivity index is 1.04. The summed E-state index contributed by atoms with van der Waals surface area (Å²) in [6.45, 7) is 0. The average molecular weight is 779 g/mol. The number of benzene rings is 10. The number of fused-ring (bicyclic) bond motifs is 7. The van der Waals surface area contributed by atoms with E-state index in [1.165, 1.54) is 49.3 Å². The zero-order valence-corrected chi connectivity index (χ0v) is 33.2. The van der Waals surface area contributed by atoms with Gasteiger partial charge in [-0.2, -0.15) is 0 Å². The maximum atomic E-state index is 6.66. The van der Waals surface area contributed by atoms with Crippen LogP contribution in [0.5, 0.6) is 0 Å². The summed E-state index contributed by atoms with van der Waals surface area (Å²) in [6.07, 6.45) is 0. The molecule has 0 N–H and O–H groups in total. The minimum absolute atomic E-state index is 0.883. The molecule has 0 spiro atoms. The van der Waals surface area contributed by atoms with Gasteiger partial charge < -0.3 is 13.9 Å². The highest BCUT2D eigenvalue weighted by Crippen LogP contribution is 2.47. The highest BCUT2D eigenvalue weighted by atomic mass is 16.3. The van der Waals surface area contributed by atoms with Crippen LogP contribution in [-0.4, -0.2) is 4.57 Å². The van der Waals surface area contributed by atoms with Gasteiger partial charge in [0.15, 0.2) is 0 Å². The Labute approximate surface area is 353 Å². The van der Waals surface area contributed by atoms with Crippen LogP contribution in [0.25, 0.3) is 93.6 Å². The molecule has 0 unspecified atom stereocenters. The van der Waals surface area contributed by atoms with Gasteiger partial charge in [-0.1, -0.05) is 182 Å². The van der Waals surface area contributed by atoms with E-state index in [2.05, 4.69) is 234 Å². The topological polar surface area (TPSA) is 21.3 Å². The highest BCUT2D eigenvalue weighted by Gasteiger charge is 2.24. The number of para-hydroxylation sites is 7. The van der Waals surface area contributed by atoms with Gasteiger partial charge >= 0.3 is 0 Å². The Bertz CT molecular complexity index is 3530. The first-order valence-corrected chi connectivity index (χ1v) is 20.8. The summed E-state index contributed by atoms with van der Waals surface area (Å²) in [5.41, 5.74) is 15.3. The summed E-state index contributed by atoms with van der Waals surface area (Å²) in [6, 6.07) is 82.9. The van der Waals surface area contributed by atoms with Crippen molar-refractivity contribution >= 4 is 71.6 Å². The lowest BCUT2D eigenvalue weighted by Gasteiger charge is -2.30. The molecule has 0 bridgehead atoms. The number of aromatic nitrogens is 1. The maximum absolute atomic E-state index is 6.66. The molecule has 10 aromatic carbocycles. The van der Waals surface area contributed by atoms with Crippen LogP contribution in [0.1, 0.15) is 0 Å². The summed E-state index contributed by atoms with van der Waals surface area (Å²) in [7, 11) is 0. The minimum atomic E-state index is 0.883. The minimum Gasteiger partial charge on any atom is -0.455 e. The first kappa shape index (κ1) is 34.9. The second-order valence-corrected chi connectivity index (χ2v) is 15.6. The normalized spacial score (nSPS) is 11.6. The molecule has 0 aliphatic carbocycles. The van der Waals surface area contributed by atoms with E-state index in [9.17, 15) is 0 Å². The average Bonchev–Trinajstić information content (AvgIpc) is 3.88. The van der Waals surface area contributed by atoms with Gasteiger partial charge in [0.05, 0.1) is 28.1 Å². The van der Waals surface area contributed by atoms with Crippen molar-refractivity contribution in [3.05, 3.63) is 231 Å². The molecule has 286 valence electrons. The molecule has 0 radical (unpaired) electrons. The molecule has 0 aliphatic rings. The molecule has 12 aromatic rings. The summed E-state index contributed by atoms with van der Waals surface area (Å²) in [5.74, 6) is 0. The molecule has 3 heteroatoms. The van der Waals surface area contributed by atoms with Gasteiger partial charge in [0.2, 0.25) is 0 Å². The standard InChI is InChI=1S/C58H38N2O/c1-2-17-44-41(15-1)16-13-22-45(44)42-33-31-39(32-34-42)40-35-37-43(38-36-40)59(52-25-7-5-20-48(52)50-23-14-24-51-49-21-6-12-30-57(49)61-58(50)51)55-28-10-11-29-56(55)60-53-26-8-3-18-46(53)47-19-4-9-27-54(47)60/h1-38H. The third-order valence-corrected chi connectivity index (χ3v) is 12.2. The van der Waals surface area contributed by atoms with Crippen LogP contribution in [-0.2, 0) is 0 Å². The predicted octanol–water partition coefficient (Wildman–Crippen LogP) is 16.3. The van der Waals surface area contributed by atoms with Crippen molar-refractivity contribution in [1.82, 2.24) is 4.57 Å². The van der Waals surface area contributed by atoms with Crippen molar-refractivity contribution in [2.75, 3.05) is 4.90 Å². The van der Waals surface area contributed by atoms with Gasteiger partial charge in [0.25, 0.3) is 0 Å². The summed E-state index contributed by atoms with van der Waals surface area (Å²) in [5, 5.41) is 7.20. The fourth-order valence-corrected chi connectivity index (χ4v) is 9.41. The van der Waals surface area contributed by atoms with Crippen molar-refractivity contribution < 1.29 is 4.42 Å². The molecule has 3 nitrogen and oxygen atoms in total. The zero-order valence-electron chi connectivity index (χ0n) is 33.2. The number of furan rings is 1. The maximum Gasteiger partial charge on any atom is 0.143 e. The lowest BCUT2D eigenvalue weighted by molar-refractivity contribution is 0.670. The Kier molecular flexibility index (Phi) is 8.17. The van der Waals surface area contributed by atoms with Gasteiger partial charge in [0.1, 0.15) is 11.2 Å². The number of hydrogen-bond acceptors (Lipinski definition) is 2.